The van der Waals surface area contributed by atoms with E-state index in [2.05, 4.69) is 15.6 Å². The van der Waals surface area contributed by atoms with Crippen molar-refractivity contribution in [1.29, 1.82) is 0 Å². The summed E-state index contributed by atoms with van der Waals surface area (Å²) in [6, 6.07) is 16.2. The lowest BCUT2D eigenvalue weighted by Gasteiger charge is -2.12. The molecule has 156 valence electrons. The Balaban J connectivity index is 1.38. The number of thiazole rings is 1. The van der Waals surface area contributed by atoms with Crippen molar-refractivity contribution in [3.05, 3.63) is 87.8 Å². The number of hydrogen-bond donors (Lipinski definition) is 2. The van der Waals surface area contributed by atoms with Crippen LogP contribution in [-0.4, -0.2) is 16.8 Å². The maximum atomic E-state index is 13.4. The van der Waals surface area contributed by atoms with E-state index in [0.29, 0.717) is 32.9 Å². The normalized spacial score (nSPS) is 10.5. The molecule has 2 aromatic carbocycles. The number of nitrogens with one attached hydrogen (secondary N) is 2. The van der Waals surface area contributed by atoms with Crippen LogP contribution in [0.25, 0.3) is 0 Å². The third kappa shape index (κ3) is 5.53. The summed E-state index contributed by atoms with van der Waals surface area (Å²) in [6.07, 6.45) is 0.0275. The van der Waals surface area contributed by atoms with Crippen LogP contribution in [0.15, 0.2) is 71.4 Å². The molecule has 2 heterocycles. The molecule has 2 aromatic heterocycles. The second kappa shape index (κ2) is 9.50. The van der Waals surface area contributed by atoms with Crippen molar-refractivity contribution in [2.24, 2.45) is 0 Å². The molecule has 0 saturated carbocycles. The molecular formula is C22H16FN3O3S2. The second-order valence-electron chi connectivity index (χ2n) is 6.36. The van der Waals surface area contributed by atoms with Gasteiger partial charge in [-0.2, -0.15) is 0 Å². The Morgan fingerprint density at radius 3 is 2.68 bits per heavy atom. The maximum absolute atomic E-state index is 13.4. The van der Waals surface area contributed by atoms with Crippen LogP contribution in [-0.2, 0) is 11.2 Å². The van der Waals surface area contributed by atoms with E-state index in [1.54, 1.807) is 53.9 Å². The maximum Gasteiger partial charge on any atom is 0.267 e. The number of aromatic nitrogens is 1. The van der Waals surface area contributed by atoms with Gasteiger partial charge in [-0.25, -0.2) is 9.37 Å². The number of benzene rings is 2. The molecule has 0 aliphatic rings. The van der Waals surface area contributed by atoms with Crippen molar-refractivity contribution in [3.8, 4) is 11.5 Å². The molecule has 4 rings (SSSR count). The van der Waals surface area contributed by atoms with Crippen molar-refractivity contribution >= 4 is 45.3 Å². The third-order valence-electron chi connectivity index (χ3n) is 4.04. The molecule has 0 radical (unpaired) electrons. The van der Waals surface area contributed by atoms with Crippen molar-refractivity contribution in [1.82, 2.24) is 4.98 Å². The molecule has 2 amide bonds. The molecule has 0 unspecified atom stereocenters. The lowest BCUT2D eigenvalue weighted by atomic mass is 10.2. The van der Waals surface area contributed by atoms with Gasteiger partial charge in [-0.05, 0) is 35.7 Å². The lowest BCUT2D eigenvalue weighted by Crippen LogP contribution is -2.15. The van der Waals surface area contributed by atoms with E-state index in [1.807, 2.05) is 5.38 Å². The van der Waals surface area contributed by atoms with Gasteiger partial charge in [-0.1, -0.05) is 24.3 Å². The fourth-order valence-electron chi connectivity index (χ4n) is 2.69. The zero-order valence-electron chi connectivity index (χ0n) is 16.0. The van der Waals surface area contributed by atoms with Crippen LogP contribution >= 0.6 is 22.7 Å². The van der Waals surface area contributed by atoms with Crippen molar-refractivity contribution in [2.75, 3.05) is 10.6 Å². The summed E-state index contributed by atoms with van der Waals surface area (Å²) in [7, 11) is 0. The van der Waals surface area contributed by atoms with E-state index in [4.69, 9.17) is 4.74 Å². The summed E-state index contributed by atoms with van der Waals surface area (Å²) in [4.78, 5) is 29.5. The molecule has 31 heavy (non-hydrogen) atoms. The summed E-state index contributed by atoms with van der Waals surface area (Å²) in [5, 5.41) is 9.48. The molecule has 0 bridgehead atoms. The number of halogens is 1. The summed E-state index contributed by atoms with van der Waals surface area (Å²) in [6.45, 7) is 0. The van der Waals surface area contributed by atoms with Crippen LogP contribution in [0.1, 0.15) is 15.4 Å². The molecule has 4 aromatic rings. The quantitative estimate of drug-likeness (QED) is 0.383. The number of thiophene rings is 1. The van der Waals surface area contributed by atoms with Crippen molar-refractivity contribution < 1.29 is 18.7 Å². The Labute approximate surface area is 185 Å². The Bertz CT molecular complexity index is 1210. The van der Waals surface area contributed by atoms with Gasteiger partial charge in [0.25, 0.3) is 5.91 Å². The van der Waals surface area contributed by atoms with Gasteiger partial charge >= 0.3 is 0 Å². The smallest absolute Gasteiger partial charge is 0.267 e. The van der Waals surface area contributed by atoms with E-state index in [0.717, 1.165) is 0 Å². The molecule has 2 N–H and O–H groups in total. The number of rotatable bonds is 7. The zero-order chi connectivity index (χ0) is 21.6. The molecule has 6 nitrogen and oxygen atoms in total. The van der Waals surface area contributed by atoms with E-state index >= 15 is 0 Å². The lowest BCUT2D eigenvalue weighted by molar-refractivity contribution is -0.115. The summed E-state index contributed by atoms with van der Waals surface area (Å²) in [5.41, 5.74) is 0.991. The fraction of sp³-hybridized carbons (Fsp3) is 0.0455. The SMILES string of the molecule is O=C(Cc1csc(NC(=O)c2cccs2)n1)Nc1ccccc1Oc1cccc(F)c1. The monoisotopic (exact) mass is 453 g/mol. The highest BCUT2D eigenvalue weighted by molar-refractivity contribution is 7.14. The third-order valence-corrected chi connectivity index (χ3v) is 5.72. The van der Waals surface area contributed by atoms with Gasteiger partial charge in [0, 0.05) is 11.4 Å². The summed E-state index contributed by atoms with van der Waals surface area (Å²) >= 11 is 2.59. The molecule has 0 atom stereocenters. The zero-order valence-corrected chi connectivity index (χ0v) is 17.6. The Morgan fingerprint density at radius 2 is 1.87 bits per heavy atom. The van der Waals surface area contributed by atoms with Crippen LogP contribution in [0.3, 0.4) is 0 Å². The number of para-hydroxylation sites is 2. The van der Waals surface area contributed by atoms with Crippen molar-refractivity contribution in [2.45, 2.75) is 6.42 Å². The molecular weight excluding hydrogens is 437 g/mol. The van der Waals surface area contributed by atoms with Gasteiger partial charge in [0.15, 0.2) is 10.9 Å². The largest absolute Gasteiger partial charge is 0.455 e. The number of ether oxygens (including phenoxy) is 1. The number of carbonyl (C=O) groups excluding carboxylic acids is 2. The molecule has 9 heteroatoms. The molecule has 0 aliphatic carbocycles. The van der Waals surface area contributed by atoms with Crippen LogP contribution in [0, 0.1) is 5.82 Å². The van der Waals surface area contributed by atoms with Gasteiger partial charge in [-0.15, -0.1) is 22.7 Å². The van der Waals surface area contributed by atoms with Gasteiger partial charge in [0.05, 0.1) is 22.7 Å². The Morgan fingerprint density at radius 1 is 1.00 bits per heavy atom. The highest BCUT2D eigenvalue weighted by Crippen LogP contribution is 2.29. The summed E-state index contributed by atoms with van der Waals surface area (Å²) in [5.74, 6) is -0.221. The first-order valence-corrected chi connectivity index (χ1v) is 10.9. The van der Waals surface area contributed by atoms with Crippen LogP contribution < -0.4 is 15.4 Å². The van der Waals surface area contributed by atoms with E-state index < -0.39 is 5.82 Å². The van der Waals surface area contributed by atoms with E-state index in [1.165, 1.54) is 34.8 Å². The minimum absolute atomic E-state index is 0.0275. The van der Waals surface area contributed by atoms with Crippen LogP contribution in [0.4, 0.5) is 15.2 Å². The van der Waals surface area contributed by atoms with Crippen LogP contribution in [0.2, 0.25) is 0 Å². The van der Waals surface area contributed by atoms with E-state index in [9.17, 15) is 14.0 Å². The van der Waals surface area contributed by atoms with Gasteiger partial charge in [-0.3, -0.25) is 14.9 Å². The number of anilines is 2. The highest BCUT2D eigenvalue weighted by Gasteiger charge is 2.13. The summed E-state index contributed by atoms with van der Waals surface area (Å²) < 4.78 is 19.1. The first-order chi connectivity index (χ1) is 15.1. The van der Waals surface area contributed by atoms with Crippen molar-refractivity contribution in [3.63, 3.8) is 0 Å². The van der Waals surface area contributed by atoms with Gasteiger partial charge in [0.1, 0.15) is 11.6 Å². The Kier molecular flexibility index (Phi) is 6.34. The Hall–Kier alpha value is -3.56. The van der Waals surface area contributed by atoms with Crippen LogP contribution in [0.5, 0.6) is 11.5 Å². The minimum Gasteiger partial charge on any atom is -0.455 e. The number of hydrogen-bond acceptors (Lipinski definition) is 6. The second-order valence-corrected chi connectivity index (χ2v) is 8.16. The molecule has 0 saturated heterocycles. The minimum atomic E-state index is -0.412. The highest BCUT2D eigenvalue weighted by atomic mass is 32.1. The first-order valence-electron chi connectivity index (χ1n) is 9.18. The molecule has 0 spiro atoms. The molecule has 0 fully saturated rings. The van der Waals surface area contributed by atoms with Gasteiger partial charge in [0.2, 0.25) is 5.91 Å². The number of amides is 2. The van der Waals surface area contributed by atoms with E-state index in [-0.39, 0.29) is 18.2 Å². The predicted octanol–water partition coefficient (Wildman–Crippen LogP) is 5.57. The average molecular weight is 454 g/mol. The number of carbonyl (C=O) groups is 2. The first kappa shape index (κ1) is 20.7. The average Bonchev–Trinajstić information content (AvgIpc) is 3.42. The topological polar surface area (TPSA) is 80.3 Å². The van der Waals surface area contributed by atoms with Gasteiger partial charge < -0.3 is 10.1 Å². The predicted molar refractivity (Wildman–Crippen MR) is 120 cm³/mol. The fourth-order valence-corrected chi connectivity index (χ4v) is 4.01. The molecule has 0 aliphatic heterocycles. The standard InChI is InChI=1S/C22H16FN3O3S2/c23-14-5-3-6-16(11-14)29-18-8-2-1-7-17(18)25-20(27)12-15-13-31-22(24-15)26-21(28)19-9-4-10-30-19/h1-11,13H,12H2,(H,25,27)(H,24,26,28). The number of nitrogens with zero attached hydrogens (tertiary/aromatic N) is 1.